The number of nitrogen functional groups attached to an aromatic ring is 1. The smallest absolute Gasteiger partial charge is 0.332 e. The fourth-order valence-electron chi connectivity index (χ4n) is 5.50. The molecule has 3 aliphatic heterocycles. The van der Waals surface area contributed by atoms with Crippen molar-refractivity contribution in [3.8, 4) is 11.8 Å². The topological polar surface area (TPSA) is 74.0 Å². The molecule has 4 atom stereocenters. The lowest BCUT2D eigenvalue weighted by Gasteiger charge is -2.33. The van der Waals surface area contributed by atoms with Gasteiger partial charge in [0.1, 0.15) is 0 Å². The van der Waals surface area contributed by atoms with E-state index in [1.165, 1.54) is 0 Å². The van der Waals surface area contributed by atoms with Gasteiger partial charge in [-0.1, -0.05) is 17.9 Å². The highest BCUT2D eigenvalue weighted by Crippen LogP contribution is 2.56. The summed E-state index contributed by atoms with van der Waals surface area (Å²) in [7, 11) is 3.34. The SMILES string of the molecule is COC(OC)[C@H]1CC[C@H]2N1[C@@H]1C=C(C#Cc3ccc(N)cc3)C3=CC(=O)O[C@@]32C1. The Balaban J connectivity index is 1.54. The van der Waals surface area contributed by atoms with Gasteiger partial charge in [-0.2, -0.15) is 0 Å². The van der Waals surface area contributed by atoms with Gasteiger partial charge in [-0.05, 0) is 37.1 Å². The lowest BCUT2D eigenvalue weighted by Crippen LogP contribution is -2.48. The molecule has 150 valence electrons. The molecule has 0 amide bonds. The highest BCUT2D eigenvalue weighted by Gasteiger charge is 2.65. The number of nitrogens with two attached hydrogens (primary N) is 1. The molecule has 4 aliphatic rings. The van der Waals surface area contributed by atoms with Crippen LogP contribution in [0, 0.1) is 11.8 Å². The van der Waals surface area contributed by atoms with Crippen LogP contribution < -0.4 is 5.73 Å². The van der Waals surface area contributed by atoms with Crippen LogP contribution in [0.25, 0.3) is 0 Å². The van der Waals surface area contributed by atoms with E-state index < -0.39 is 5.60 Å². The summed E-state index contributed by atoms with van der Waals surface area (Å²) in [5.41, 5.74) is 8.54. The summed E-state index contributed by atoms with van der Waals surface area (Å²) in [6, 6.07) is 7.85. The molecule has 1 aromatic carbocycles. The molecule has 29 heavy (non-hydrogen) atoms. The van der Waals surface area contributed by atoms with Crippen LogP contribution in [0.4, 0.5) is 5.69 Å². The molecule has 5 rings (SSSR count). The van der Waals surface area contributed by atoms with E-state index in [2.05, 4.69) is 22.8 Å². The average Bonchev–Trinajstić information content (AvgIpc) is 3.36. The maximum atomic E-state index is 12.3. The summed E-state index contributed by atoms with van der Waals surface area (Å²) in [5.74, 6) is 6.22. The van der Waals surface area contributed by atoms with Gasteiger partial charge in [0.05, 0.1) is 12.1 Å². The summed E-state index contributed by atoms with van der Waals surface area (Å²) in [5, 5.41) is 0. The van der Waals surface area contributed by atoms with Crippen LogP contribution in [0.2, 0.25) is 0 Å². The number of hydrogen-bond donors (Lipinski definition) is 1. The number of nitrogens with zero attached hydrogens (tertiary/aromatic N) is 1. The van der Waals surface area contributed by atoms with Gasteiger partial charge in [0, 0.05) is 55.2 Å². The largest absolute Gasteiger partial charge is 0.449 e. The second-order valence-corrected chi connectivity index (χ2v) is 8.04. The van der Waals surface area contributed by atoms with E-state index in [1.807, 2.05) is 24.3 Å². The van der Waals surface area contributed by atoms with E-state index in [0.717, 1.165) is 36.0 Å². The number of rotatable bonds is 3. The molecule has 1 spiro atoms. The molecule has 2 saturated heterocycles. The third kappa shape index (κ3) is 2.73. The van der Waals surface area contributed by atoms with Crippen molar-refractivity contribution in [1.82, 2.24) is 4.90 Å². The molecule has 1 aromatic rings. The Morgan fingerprint density at radius 3 is 2.69 bits per heavy atom. The van der Waals surface area contributed by atoms with Crippen LogP contribution in [0.3, 0.4) is 0 Å². The molecule has 1 aliphatic carbocycles. The molecule has 3 heterocycles. The van der Waals surface area contributed by atoms with Gasteiger partial charge in [0.25, 0.3) is 0 Å². The molecule has 6 heteroatoms. The Morgan fingerprint density at radius 2 is 1.97 bits per heavy atom. The molecule has 2 N–H and O–H groups in total. The van der Waals surface area contributed by atoms with Crippen molar-refractivity contribution in [3.05, 3.63) is 53.1 Å². The van der Waals surface area contributed by atoms with Crippen LogP contribution in [0.1, 0.15) is 24.8 Å². The molecule has 0 unspecified atom stereocenters. The number of benzene rings is 1. The van der Waals surface area contributed by atoms with E-state index in [1.54, 1.807) is 20.3 Å². The van der Waals surface area contributed by atoms with Crippen LogP contribution in [0.5, 0.6) is 0 Å². The zero-order valence-electron chi connectivity index (χ0n) is 16.6. The Labute approximate surface area is 170 Å². The zero-order chi connectivity index (χ0) is 20.2. The minimum absolute atomic E-state index is 0.120. The molecule has 6 nitrogen and oxygen atoms in total. The number of anilines is 1. The van der Waals surface area contributed by atoms with Crippen molar-refractivity contribution in [2.24, 2.45) is 0 Å². The van der Waals surface area contributed by atoms with Crippen molar-refractivity contribution in [3.63, 3.8) is 0 Å². The first-order chi connectivity index (χ1) is 14.1. The van der Waals surface area contributed by atoms with Gasteiger partial charge < -0.3 is 19.9 Å². The van der Waals surface area contributed by atoms with Crippen molar-refractivity contribution in [2.75, 3.05) is 20.0 Å². The summed E-state index contributed by atoms with van der Waals surface area (Å²) in [4.78, 5) is 14.7. The second kappa shape index (κ2) is 6.74. The van der Waals surface area contributed by atoms with Gasteiger partial charge >= 0.3 is 5.97 Å². The minimum Gasteiger partial charge on any atom is -0.449 e. The number of fused-ring (bicyclic) bond motifs is 3. The predicted molar refractivity (Wildman–Crippen MR) is 108 cm³/mol. The average molecular weight is 392 g/mol. The third-order valence-electron chi connectivity index (χ3n) is 6.59. The normalized spacial score (nSPS) is 32.2. The maximum Gasteiger partial charge on any atom is 0.332 e. The lowest BCUT2D eigenvalue weighted by molar-refractivity contribution is -0.151. The molecule has 0 aromatic heterocycles. The number of esters is 1. The summed E-state index contributed by atoms with van der Waals surface area (Å²) < 4.78 is 17.1. The van der Waals surface area contributed by atoms with E-state index in [4.69, 9.17) is 19.9 Å². The molecule has 2 bridgehead atoms. The standard InChI is InChI=1S/C23H24N2O4/c1-27-22(28-2)19-9-10-20-23-13-17(25(19)20)11-15(18(23)12-21(26)29-23)6-3-14-4-7-16(24)8-5-14/h4-5,7-8,11-12,17,19-20,22H,9-10,13,24H2,1-2H3/t17-,19-,20-,23+/m1/s1. The Kier molecular flexibility index (Phi) is 4.28. The van der Waals surface area contributed by atoms with Gasteiger partial charge in [0.15, 0.2) is 11.9 Å². The number of carbonyl (C=O) groups excluding carboxylic acids is 1. The monoisotopic (exact) mass is 392 g/mol. The number of hydrogen-bond acceptors (Lipinski definition) is 6. The van der Waals surface area contributed by atoms with Crippen LogP contribution in [0.15, 0.2) is 47.6 Å². The number of carbonyl (C=O) groups is 1. The summed E-state index contributed by atoms with van der Waals surface area (Å²) in [6.45, 7) is 0. The zero-order valence-corrected chi connectivity index (χ0v) is 16.6. The van der Waals surface area contributed by atoms with E-state index >= 15 is 0 Å². The fraction of sp³-hybridized carbons (Fsp3) is 0.435. The molecule has 0 radical (unpaired) electrons. The highest BCUT2D eigenvalue weighted by atomic mass is 16.7. The molecule has 0 saturated carbocycles. The van der Waals surface area contributed by atoms with E-state index in [0.29, 0.717) is 5.69 Å². The van der Waals surface area contributed by atoms with Gasteiger partial charge in [-0.25, -0.2) is 4.79 Å². The Bertz CT molecular complexity index is 967. The van der Waals surface area contributed by atoms with Crippen molar-refractivity contribution in [1.29, 1.82) is 0 Å². The van der Waals surface area contributed by atoms with Crippen LogP contribution in [-0.2, 0) is 19.0 Å². The Hall–Kier alpha value is -2.59. The van der Waals surface area contributed by atoms with Gasteiger partial charge in [-0.3, -0.25) is 4.90 Å². The highest BCUT2D eigenvalue weighted by molar-refractivity contribution is 5.90. The fourth-order valence-corrected chi connectivity index (χ4v) is 5.50. The van der Waals surface area contributed by atoms with Crippen LogP contribution >= 0.6 is 0 Å². The van der Waals surface area contributed by atoms with Gasteiger partial charge in [0.2, 0.25) is 0 Å². The van der Waals surface area contributed by atoms with Crippen molar-refractivity contribution >= 4 is 11.7 Å². The van der Waals surface area contributed by atoms with Crippen molar-refractivity contribution < 1.29 is 19.0 Å². The molecule has 2 fully saturated rings. The summed E-state index contributed by atoms with van der Waals surface area (Å²) >= 11 is 0. The molecular weight excluding hydrogens is 368 g/mol. The lowest BCUT2D eigenvalue weighted by atomic mass is 9.77. The first-order valence-corrected chi connectivity index (χ1v) is 9.93. The Morgan fingerprint density at radius 1 is 1.21 bits per heavy atom. The predicted octanol–water partition coefficient (Wildman–Crippen LogP) is 2.01. The van der Waals surface area contributed by atoms with Crippen molar-refractivity contribution in [2.45, 2.75) is 49.3 Å². The van der Waals surface area contributed by atoms with E-state index in [-0.39, 0.29) is 30.4 Å². The minimum atomic E-state index is -0.609. The van der Waals surface area contributed by atoms with E-state index in [9.17, 15) is 4.79 Å². The molecular formula is C23H24N2O4. The summed E-state index contributed by atoms with van der Waals surface area (Å²) in [6.07, 6.45) is 6.14. The quantitative estimate of drug-likeness (QED) is 0.367. The maximum absolute atomic E-state index is 12.3. The first kappa shape index (κ1) is 18.4. The van der Waals surface area contributed by atoms with Gasteiger partial charge in [-0.15, -0.1) is 0 Å². The second-order valence-electron chi connectivity index (χ2n) is 8.04. The van der Waals surface area contributed by atoms with Crippen LogP contribution in [-0.4, -0.2) is 55.1 Å². The number of ether oxygens (including phenoxy) is 3. The first-order valence-electron chi connectivity index (χ1n) is 9.93. The third-order valence-corrected chi connectivity index (χ3v) is 6.59. The number of methoxy groups -OCH3 is 2.